The number of rotatable bonds is 0. The second-order valence-corrected chi connectivity index (χ2v) is 1.94. The van der Waals surface area contributed by atoms with E-state index in [1.165, 1.54) is 0 Å². The highest BCUT2D eigenvalue weighted by Gasteiger charge is 1.68. The van der Waals surface area contributed by atoms with Crippen LogP contribution in [0.2, 0.25) is 0 Å². The Bertz CT molecular complexity index is 52.0. The predicted octanol–water partition coefficient (Wildman–Crippen LogP) is 1.06. The van der Waals surface area contributed by atoms with E-state index in [0.717, 1.165) is 5.92 Å². The van der Waals surface area contributed by atoms with E-state index in [4.69, 9.17) is 19.8 Å². The summed E-state index contributed by atoms with van der Waals surface area (Å²) in [6, 6.07) is 0. The van der Waals surface area contributed by atoms with Crippen molar-refractivity contribution < 1.29 is 19.8 Å². The van der Waals surface area contributed by atoms with Crippen LogP contribution in [-0.2, 0) is 9.59 Å². The molecule has 0 atom stereocenters. The van der Waals surface area contributed by atoms with Crippen molar-refractivity contribution in [3.05, 3.63) is 0 Å². The zero-order chi connectivity index (χ0) is 8.99. The summed E-state index contributed by atoms with van der Waals surface area (Å²) < 4.78 is 0. The molecule has 0 bridgehead atoms. The molecule has 0 fully saturated rings. The van der Waals surface area contributed by atoms with Crippen molar-refractivity contribution in [1.82, 2.24) is 0 Å². The minimum absolute atomic E-state index is 0.250. The maximum Gasteiger partial charge on any atom is 0.290 e. The van der Waals surface area contributed by atoms with Gasteiger partial charge in [0.1, 0.15) is 0 Å². The number of carboxylic acid groups (broad SMARTS) is 2. The van der Waals surface area contributed by atoms with Crippen LogP contribution >= 0.6 is 0 Å². The van der Waals surface area contributed by atoms with Gasteiger partial charge in [0.05, 0.1) is 0 Å². The summed E-state index contributed by atoms with van der Waals surface area (Å²) in [7, 11) is 0. The first-order chi connectivity index (χ1) is 4.56. The van der Waals surface area contributed by atoms with Gasteiger partial charge in [0.15, 0.2) is 0 Å². The first-order valence-electron chi connectivity index (χ1n) is 2.72. The molecule has 62 valence electrons. The molecule has 0 amide bonds. The molecule has 0 aromatic rings. The summed E-state index contributed by atoms with van der Waals surface area (Å²) in [4.78, 5) is 16.7. The van der Waals surface area contributed by atoms with Gasteiger partial charge < -0.3 is 10.2 Å². The fourth-order valence-electron chi connectivity index (χ4n) is 0. The third-order valence-electron chi connectivity index (χ3n) is 0. The summed E-state index contributed by atoms with van der Waals surface area (Å²) in [5.74, 6) is 0.833. The van der Waals surface area contributed by atoms with Crippen molar-refractivity contribution in [2.75, 3.05) is 0 Å². The maximum atomic E-state index is 8.36. The lowest BCUT2D eigenvalue weighted by atomic mass is 10.3. The lowest BCUT2D eigenvalue weighted by molar-refractivity contribution is -0.123. The second-order valence-electron chi connectivity index (χ2n) is 1.94. The van der Waals surface area contributed by atoms with Crippen molar-refractivity contribution in [2.24, 2.45) is 5.92 Å². The monoisotopic (exact) mass is 150 g/mol. The van der Waals surface area contributed by atoms with Gasteiger partial charge in [0.2, 0.25) is 0 Å². The largest absolute Gasteiger partial charge is 0.483 e. The standard InChI is InChI=1S/C4H10.2CH2O2/c1-4(2)3;2*2-1-3/h4H,1-3H3;2*1H,(H,2,3). The smallest absolute Gasteiger partial charge is 0.290 e. The molecular weight excluding hydrogens is 136 g/mol. The van der Waals surface area contributed by atoms with E-state index in [0.29, 0.717) is 0 Å². The topological polar surface area (TPSA) is 74.6 Å². The zero-order valence-electron chi connectivity index (χ0n) is 6.44. The van der Waals surface area contributed by atoms with E-state index in [2.05, 4.69) is 20.8 Å². The summed E-state index contributed by atoms with van der Waals surface area (Å²) in [6.07, 6.45) is 0. The van der Waals surface area contributed by atoms with Crippen molar-refractivity contribution in [3.63, 3.8) is 0 Å². The Hall–Kier alpha value is -1.06. The Labute approximate surface area is 60.5 Å². The minimum atomic E-state index is -0.250. The maximum absolute atomic E-state index is 8.36. The highest BCUT2D eigenvalue weighted by atomic mass is 16.3. The molecule has 4 nitrogen and oxygen atoms in total. The molecule has 0 saturated carbocycles. The Morgan fingerprint density at radius 3 is 1.00 bits per heavy atom. The van der Waals surface area contributed by atoms with E-state index >= 15 is 0 Å². The minimum Gasteiger partial charge on any atom is -0.483 e. The molecule has 0 saturated heterocycles. The third kappa shape index (κ3) is 218. The molecule has 0 aromatic carbocycles. The molecule has 2 N–H and O–H groups in total. The van der Waals surface area contributed by atoms with E-state index in [-0.39, 0.29) is 12.9 Å². The van der Waals surface area contributed by atoms with Crippen LogP contribution in [0, 0.1) is 5.92 Å². The number of hydrogen-bond acceptors (Lipinski definition) is 2. The van der Waals surface area contributed by atoms with Gasteiger partial charge in [-0.1, -0.05) is 20.8 Å². The van der Waals surface area contributed by atoms with Crippen molar-refractivity contribution in [2.45, 2.75) is 20.8 Å². The Morgan fingerprint density at radius 2 is 1.00 bits per heavy atom. The van der Waals surface area contributed by atoms with Crippen molar-refractivity contribution in [1.29, 1.82) is 0 Å². The summed E-state index contributed by atoms with van der Waals surface area (Å²) in [6.45, 7) is 6.00. The average molecular weight is 150 g/mol. The first-order valence-corrected chi connectivity index (χ1v) is 2.72. The van der Waals surface area contributed by atoms with E-state index < -0.39 is 0 Å². The molecule has 0 rings (SSSR count). The number of hydrogen-bond donors (Lipinski definition) is 2. The Kier molecular flexibility index (Phi) is 39.4. The van der Waals surface area contributed by atoms with Gasteiger partial charge in [0, 0.05) is 0 Å². The summed E-state index contributed by atoms with van der Waals surface area (Å²) in [5.41, 5.74) is 0. The summed E-state index contributed by atoms with van der Waals surface area (Å²) >= 11 is 0. The second kappa shape index (κ2) is 24.6. The molecule has 0 spiro atoms. The summed E-state index contributed by atoms with van der Waals surface area (Å²) in [5, 5.41) is 13.8. The normalized spacial score (nSPS) is 6.00. The predicted molar refractivity (Wildman–Crippen MR) is 37.9 cm³/mol. The number of carbonyl (C=O) groups is 2. The van der Waals surface area contributed by atoms with E-state index in [1.807, 2.05) is 0 Å². The van der Waals surface area contributed by atoms with Crippen LogP contribution in [0.1, 0.15) is 20.8 Å². The molecule has 0 aromatic heterocycles. The van der Waals surface area contributed by atoms with Crippen LogP contribution in [-0.4, -0.2) is 23.2 Å². The first kappa shape index (κ1) is 16.0. The highest BCUT2D eigenvalue weighted by molar-refractivity contribution is 5.32. The molecule has 0 aliphatic rings. The molecule has 0 radical (unpaired) electrons. The molecule has 0 aliphatic carbocycles. The van der Waals surface area contributed by atoms with Crippen LogP contribution in [0.5, 0.6) is 0 Å². The quantitative estimate of drug-likeness (QED) is 0.506. The van der Waals surface area contributed by atoms with Crippen LogP contribution < -0.4 is 0 Å². The SMILES string of the molecule is CC(C)C.O=CO.O=CO. The lowest BCUT2D eigenvalue weighted by Gasteiger charge is -1.79. The lowest BCUT2D eigenvalue weighted by Crippen LogP contribution is -1.66. The van der Waals surface area contributed by atoms with E-state index in [9.17, 15) is 0 Å². The van der Waals surface area contributed by atoms with Crippen LogP contribution in [0.4, 0.5) is 0 Å². The van der Waals surface area contributed by atoms with Gasteiger partial charge in [0.25, 0.3) is 12.9 Å². The molecule has 0 aliphatic heterocycles. The molecular formula is C6H14O4. The van der Waals surface area contributed by atoms with Gasteiger partial charge in [-0.3, -0.25) is 9.59 Å². The zero-order valence-corrected chi connectivity index (χ0v) is 6.44. The van der Waals surface area contributed by atoms with Crippen LogP contribution in [0.3, 0.4) is 0 Å². The van der Waals surface area contributed by atoms with Crippen LogP contribution in [0.25, 0.3) is 0 Å². The van der Waals surface area contributed by atoms with Gasteiger partial charge in [-0.2, -0.15) is 0 Å². The van der Waals surface area contributed by atoms with Gasteiger partial charge in [-0.05, 0) is 5.92 Å². The van der Waals surface area contributed by atoms with Gasteiger partial charge >= 0.3 is 0 Å². The van der Waals surface area contributed by atoms with Crippen molar-refractivity contribution in [3.8, 4) is 0 Å². The molecule has 4 heteroatoms. The molecule has 0 unspecified atom stereocenters. The molecule has 0 heterocycles. The van der Waals surface area contributed by atoms with Gasteiger partial charge in [-0.25, -0.2) is 0 Å². The highest BCUT2D eigenvalue weighted by Crippen LogP contribution is 1.81. The fourth-order valence-corrected chi connectivity index (χ4v) is 0. The van der Waals surface area contributed by atoms with Crippen LogP contribution in [0.15, 0.2) is 0 Å². The van der Waals surface area contributed by atoms with Crippen molar-refractivity contribution >= 4 is 12.9 Å². The Balaban J connectivity index is -0.0000000750. The molecule has 10 heavy (non-hydrogen) atoms. The van der Waals surface area contributed by atoms with E-state index in [1.54, 1.807) is 0 Å². The average Bonchev–Trinajstić information content (AvgIpc) is 1.65. The van der Waals surface area contributed by atoms with Gasteiger partial charge in [-0.15, -0.1) is 0 Å². The Morgan fingerprint density at radius 1 is 1.00 bits per heavy atom. The third-order valence-corrected chi connectivity index (χ3v) is 0. The fraction of sp³-hybridized carbons (Fsp3) is 0.667.